The van der Waals surface area contributed by atoms with Gasteiger partial charge in [-0.15, -0.1) is 11.3 Å². The van der Waals surface area contributed by atoms with Crippen LogP contribution in [-0.4, -0.2) is 23.8 Å². The van der Waals surface area contributed by atoms with Crippen molar-refractivity contribution < 1.29 is 23.1 Å². The van der Waals surface area contributed by atoms with Gasteiger partial charge in [0, 0.05) is 9.75 Å². The summed E-state index contributed by atoms with van der Waals surface area (Å²) in [5.41, 5.74) is 0. The van der Waals surface area contributed by atoms with E-state index in [-0.39, 0.29) is 0 Å². The lowest BCUT2D eigenvalue weighted by Gasteiger charge is -2.14. The number of aryl methyl sites for hydroxylation is 1. The molecule has 0 fully saturated rings. The highest BCUT2D eigenvalue weighted by Crippen LogP contribution is 2.24. The van der Waals surface area contributed by atoms with E-state index in [2.05, 4.69) is 0 Å². The average molecular weight is 253 g/mol. The molecule has 0 radical (unpaired) electrons. The van der Waals surface area contributed by atoms with Crippen LogP contribution in [0.2, 0.25) is 0 Å². The zero-order valence-electron chi connectivity index (χ0n) is 8.34. The van der Waals surface area contributed by atoms with Crippen molar-refractivity contribution in [3.63, 3.8) is 0 Å². The van der Waals surface area contributed by atoms with Crippen LogP contribution in [0, 0.1) is 6.92 Å². The summed E-state index contributed by atoms with van der Waals surface area (Å²) in [5, 5.41) is 10.8. The number of halogens is 3. The number of hydrogen-bond donors (Lipinski definition) is 2. The van der Waals surface area contributed by atoms with Crippen molar-refractivity contribution in [3.05, 3.63) is 21.9 Å². The van der Waals surface area contributed by atoms with Gasteiger partial charge in [-0.1, -0.05) is 0 Å². The Labute approximate surface area is 93.9 Å². The molecular formula is C9H10F3NO2S. The lowest BCUT2D eigenvalue weighted by atomic mass is 10.2. The third kappa shape index (κ3) is 3.82. The number of carboxylic acid groups (broad SMARTS) is 1. The van der Waals surface area contributed by atoms with Crippen molar-refractivity contribution in [3.8, 4) is 0 Å². The van der Waals surface area contributed by atoms with Gasteiger partial charge in [-0.3, -0.25) is 10.1 Å². The highest BCUT2D eigenvalue weighted by molar-refractivity contribution is 7.12. The Hall–Kier alpha value is -1.08. The first-order valence-electron chi connectivity index (χ1n) is 4.39. The molecule has 1 aromatic heterocycles. The Bertz CT molecular complexity index is 375. The zero-order chi connectivity index (χ0) is 12.3. The summed E-state index contributed by atoms with van der Waals surface area (Å²) in [7, 11) is 0. The maximum absolute atomic E-state index is 11.9. The number of aliphatic carboxylic acids is 1. The monoisotopic (exact) mass is 253 g/mol. The predicted octanol–water partition coefficient (Wildman–Crippen LogP) is 2.33. The summed E-state index contributed by atoms with van der Waals surface area (Å²) in [5.74, 6) is -1.31. The van der Waals surface area contributed by atoms with Gasteiger partial charge >= 0.3 is 12.1 Å². The van der Waals surface area contributed by atoms with E-state index in [1.165, 1.54) is 6.07 Å². The molecule has 0 aliphatic rings. The van der Waals surface area contributed by atoms with Crippen LogP contribution in [0.5, 0.6) is 0 Å². The molecule has 16 heavy (non-hydrogen) atoms. The Morgan fingerprint density at radius 3 is 2.56 bits per heavy atom. The molecule has 0 aliphatic carbocycles. The van der Waals surface area contributed by atoms with Crippen LogP contribution in [-0.2, 0) is 4.79 Å². The number of carboxylic acids is 1. The van der Waals surface area contributed by atoms with Crippen molar-refractivity contribution in [2.75, 3.05) is 6.54 Å². The summed E-state index contributed by atoms with van der Waals surface area (Å²) in [4.78, 5) is 12.0. The first-order valence-corrected chi connectivity index (χ1v) is 5.20. The maximum atomic E-state index is 11.9. The van der Waals surface area contributed by atoms with E-state index >= 15 is 0 Å². The topological polar surface area (TPSA) is 49.3 Å². The second-order valence-electron chi connectivity index (χ2n) is 3.22. The van der Waals surface area contributed by atoms with Crippen molar-refractivity contribution in [2.24, 2.45) is 0 Å². The van der Waals surface area contributed by atoms with Crippen LogP contribution in [0.3, 0.4) is 0 Å². The summed E-state index contributed by atoms with van der Waals surface area (Å²) in [6.07, 6.45) is -4.42. The molecule has 1 heterocycles. The van der Waals surface area contributed by atoms with E-state index in [4.69, 9.17) is 5.11 Å². The minimum Gasteiger partial charge on any atom is -0.480 e. The molecule has 3 nitrogen and oxygen atoms in total. The van der Waals surface area contributed by atoms with Gasteiger partial charge in [0.25, 0.3) is 0 Å². The second kappa shape index (κ2) is 4.84. The van der Waals surface area contributed by atoms with Crippen LogP contribution >= 0.6 is 11.3 Å². The molecular weight excluding hydrogens is 243 g/mol. The summed E-state index contributed by atoms with van der Waals surface area (Å²) in [6.45, 7) is 0.442. The van der Waals surface area contributed by atoms with Crippen LogP contribution in [0.1, 0.15) is 15.8 Å². The van der Waals surface area contributed by atoms with Crippen LogP contribution < -0.4 is 5.32 Å². The lowest BCUT2D eigenvalue weighted by molar-refractivity contribution is -0.143. The third-order valence-corrected chi connectivity index (χ3v) is 2.86. The Morgan fingerprint density at radius 1 is 1.56 bits per heavy atom. The van der Waals surface area contributed by atoms with Crippen molar-refractivity contribution in [1.29, 1.82) is 0 Å². The van der Waals surface area contributed by atoms with Crippen LogP contribution in [0.15, 0.2) is 12.1 Å². The molecule has 0 amide bonds. The molecule has 0 spiro atoms. The summed E-state index contributed by atoms with van der Waals surface area (Å²) < 4.78 is 35.8. The Morgan fingerprint density at radius 2 is 2.19 bits per heavy atom. The fourth-order valence-corrected chi connectivity index (χ4v) is 2.08. The fraction of sp³-hybridized carbons (Fsp3) is 0.444. The Balaban J connectivity index is 2.73. The smallest absolute Gasteiger partial charge is 0.401 e. The van der Waals surface area contributed by atoms with Crippen molar-refractivity contribution in [1.82, 2.24) is 5.32 Å². The number of hydrogen-bond acceptors (Lipinski definition) is 3. The number of thiophene rings is 1. The molecule has 0 saturated carbocycles. The molecule has 0 saturated heterocycles. The highest BCUT2D eigenvalue weighted by atomic mass is 32.1. The highest BCUT2D eigenvalue weighted by Gasteiger charge is 2.31. The first-order chi connectivity index (χ1) is 7.29. The number of alkyl halides is 3. The van der Waals surface area contributed by atoms with Gasteiger partial charge in [-0.2, -0.15) is 13.2 Å². The van der Waals surface area contributed by atoms with E-state index in [0.717, 1.165) is 16.2 Å². The van der Waals surface area contributed by atoms with Crippen LogP contribution in [0.4, 0.5) is 13.2 Å². The van der Waals surface area contributed by atoms with E-state index in [0.29, 0.717) is 4.88 Å². The second-order valence-corrected chi connectivity index (χ2v) is 4.54. The largest absolute Gasteiger partial charge is 0.480 e. The number of rotatable bonds is 4. The van der Waals surface area contributed by atoms with Crippen LogP contribution in [0.25, 0.3) is 0 Å². The van der Waals surface area contributed by atoms with Crippen molar-refractivity contribution >= 4 is 17.3 Å². The van der Waals surface area contributed by atoms with Crippen molar-refractivity contribution in [2.45, 2.75) is 19.1 Å². The van der Waals surface area contributed by atoms with E-state index in [1.54, 1.807) is 13.0 Å². The SMILES string of the molecule is Cc1ccc(C(NCC(F)(F)F)C(=O)O)s1. The molecule has 0 bridgehead atoms. The number of nitrogens with one attached hydrogen (secondary N) is 1. The maximum Gasteiger partial charge on any atom is 0.401 e. The molecule has 90 valence electrons. The third-order valence-electron chi connectivity index (χ3n) is 1.80. The van der Waals surface area contributed by atoms with Gasteiger partial charge < -0.3 is 5.11 Å². The predicted molar refractivity (Wildman–Crippen MR) is 53.5 cm³/mol. The number of carbonyl (C=O) groups is 1. The molecule has 2 N–H and O–H groups in total. The molecule has 0 aromatic carbocycles. The Kier molecular flexibility index (Phi) is 3.93. The zero-order valence-corrected chi connectivity index (χ0v) is 9.15. The molecule has 1 rings (SSSR count). The summed E-state index contributed by atoms with van der Waals surface area (Å²) >= 11 is 1.16. The minimum atomic E-state index is -4.42. The lowest BCUT2D eigenvalue weighted by Crippen LogP contribution is -2.35. The van der Waals surface area contributed by atoms with E-state index in [9.17, 15) is 18.0 Å². The quantitative estimate of drug-likeness (QED) is 0.865. The fourth-order valence-electron chi connectivity index (χ4n) is 1.14. The van der Waals surface area contributed by atoms with Gasteiger partial charge in [-0.25, -0.2) is 0 Å². The molecule has 1 atom stereocenters. The van der Waals surface area contributed by atoms with Gasteiger partial charge in [-0.05, 0) is 19.1 Å². The van der Waals surface area contributed by atoms with Gasteiger partial charge in [0.05, 0.1) is 6.54 Å². The average Bonchev–Trinajstić information content (AvgIpc) is 2.49. The normalized spacial score (nSPS) is 13.8. The first kappa shape index (κ1) is 13.0. The summed E-state index contributed by atoms with van der Waals surface area (Å²) in [6, 6.07) is 1.88. The van der Waals surface area contributed by atoms with Gasteiger partial charge in [0.2, 0.25) is 0 Å². The molecule has 7 heteroatoms. The molecule has 1 unspecified atom stereocenters. The molecule has 1 aromatic rings. The van der Waals surface area contributed by atoms with E-state index < -0.39 is 24.7 Å². The van der Waals surface area contributed by atoms with Gasteiger partial charge in [0.1, 0.15) is 6.04 Å². The van der Waals surface area contributed by atoms with Gasteiger partial charge in [0.15, 0.2) is 0 Å². The van der Waals surface area contributed by atoms with E-state index in [1.807, 2.05) is 5.32 Å². The minimum absolute atomic E-state index is 0.370. The molecule has 0 aliphatic heterocycles. The standard InChI is InChI=1S/C9H10F3NO2S/c1-5-2-3-6(16-5)7(8(14)15)13-4-9(10,11)12/h2-3,7,13H,4H2,1H3,(H,14,15).